The van der Waals surface area contributed by atoms with Gasteiger partial charge >= 0.3 is 5.97 Å². The summed E-state index contributed by atoms with van der Waals surface area (Å²) in [6, 6.07) is -0.251. The Hall–Kier alpha value is -1.43. The van der Waals surface area contributed by atoms with E-state index in [0.717, 1.165) is 18.7 Å². The topological polar surface area (TPSA) is 69.0 Å². The van der Waals surface area contributed by atoms with Gasteiger partial charge in [-0.15, -0.1) is 10.2 Å². The molecule has 0 radical (unpaired) electrons. The maximum absolute atomic E-state index is 11.7. The molecule has 0 aromatic carbocycles. The van der Waals surface area contributed by atoms with Crippen LogP contribution >= 0.6 is 0 Å². The largest absolute Gasteiger partial charge is 0.468 e. The zero-order valence-corrected chi connectivity index (χ0v) is 10.4. The van der Waals surface area contributed by atoms with Crippen LogP contribution in [-0.2, 0) is 16.6 Å². The monoisotopic (exact) mass is 238 g/mol. The first-order valence-electron chi connectivity index (χ1n) is 5.81. The molecule has 1 N–H and O–H groups in total. The van der Waals surface area contributed by atoms with Crippen molar-refractivity contribution in [2.24, 2.45) is 13.0 Å². The van der Waals surface area contributed by atoms with Gasteiger partial charge in [0.15, 0.2) is 0 Å². The fourth-order valence-electron chi connectivity index (χ4n) is 1.98. The van der Waals surface area contributed by atoms with Gasteiger partial charge in [0.1, 0.15) is 18.2 Å². The van der Waals surface area contributed by atoms with Gasteiger partial charge in [0.2, 0.25) is 0 Å². The Morgan fingerprint density at radius 1 is 1.65 bits per heavy atom. The molecule has 1 fully saturated rings. The van der Waals surface area contributed by atoms with Crippen molar-refractivity contribution in [2.75, 3.05) is 7.11 Å². The van der Waals surface area contributed by atoms with Crippen LogP contribution in [0.2, 0.25) is 0 Å². The third-order valence-corrected chi connectivity index (χ3v) is 3.11. The summed E-state index contributed by atoms with van der Waals surface area (Å²) in [7, 11) is 3.31. The van der Waals surface area contributed by atoms with Crippen molar-refractivity contribution in [3.63, 3.8) is 0 Å². The smallest absolute Gasteiger partial charge is 0.323 e. The summed E-state index contributed by atoms with van der Waals surface area (Å²) in [6.07, 6.45) is 3.81. The van der Waals surface area contributed by atoms with Gasteiger partial charge in [-0.3, -0.25) is 10.1 Å². The maximum atomic E-state index is 11.7. The van der Waals surface area contributed by atoms with E-state index in [9.17, 15) is 4.79 Å². The Kier molecular flexibility index (Phi) is 3.42. The van der Waals surface area contributed by atoms with E-state index >= 15 is 0 Å². The highest BCUT2D eigenvalue weighted by atomic mass is 16.5. The lowest BCUT2D eigenvalue weighted by atomic mass is 10.1. The van der Waals surface area contributed by atoms with Crippen LogP contribution in [0.1, 0.15) is 31.6 Å². The molecule has 0 aliphatic heterocycles. The zero-order valence-electron chi connectivity index (χ0n) is 10.4. The van der Waals surface area contributed by atoms with Crippen LogP contribution in [-0.4, -0.2) is 33.9 Å². The number of carbonyl (C=O) groups excluding carboxylic acids is 1. The van der Waals surface area contributed by atoms with E-state index in [1.54, 1.807) is 6.33 Å². The minimum atomic E-state index is -0.230. The molecule has 1 aromatic heterocycles. The molecule has 0 saturated heterocycles. The van der Waals surface area contributed by atoms with Gasteiger partial charge in [0, 0.05) is 7.05 Å². The van der Waals surface area contributed by atoms with Gasteiger partial charge in [-0.2, -0.15) is 0 Å². The predicted molar refractivity (Wildman–Crippen MR) is 61.1 cm³/mol. The highest BCUT2D eigenvalue weighted by Crippen LogP contribution is 2.34. The van der Waals surface area contributed by atoms with Gasteiger partial charge in [0.05, 0.1) is 13.2 Å². The Morgan fingerprint density at radius 2 is 2.35 bits per heavy atom. The van der Waals surface area contributed by atoms with Gasteiger partial charge in [-0.25, -0.2) is 0 Å². The molecule has 1 aliphatic carbocycles. The quantitative estimate of drug-likeness (QED) is 0.753. The molecular formula is C11H18N4O2. The van der Waals surface area contributed by atoms with Crippen LogP contribution in [0.4, 0.5) is 0 Å². The standard InChI is InChI=1S/C11H18N4O2/c1-7(10-14-12-6-15(10)2)13-9(8-4-5-8)11(16)17-3/h6-9,13H,4-5H2,1-3H3. The number of methoxy groups -OCH3 is 1. The molecule has 1 saturated carbocycles. The Balaban J connectivity index is 2.03. The van der Waals surface area contributed by atoms with Crippen LogP contribution in [0.25, 0.3) is 0 Å². The van der Waals surface area contributed by atoms with Gasteiger partial charge in [0.25, 0.3) is 0 Å². The van der Waals surface area contributed by atoms with E-state index in [1.165, 1.54) is 7.11 Å². The highest BCUT2D eigenvalue weighted by molar-refractivity contribution is 5.76. The zero-order chi connectivity index (χ0) is 12.4. The molecule has 6 nitrogen and oxygen atoms in total. The van der Waals surface area contributed by atoms with E-state index in [1.807, 2.05) is 18.5 Å². The van der Waals surface area contributed by atoms with Crippen molar-refractivity contribution in [3.8, 4) is 0 Å². The van der Waals surface area contributed by atoms with Gasteiger partial charge < -0.3 is 9.30 Å². The molecule has 0 amide bonds. The first kappa shape index (κ1) is 12.0. The average Bonchev–Trinajstić information content (AvgIpc) is 3.07. The summed E-state index contributed by atoms with van der Waals surface area (Å²) in [5, 5.41) is 11.1. The van der Waals surface area contributed by atoms with Gasteiger partial charge in [-0.05, 0) is 25.7 Å². The summed E-state index contributed by atoms with van der Waals surface area (Å²) in [6.45, 7) is 1.97. The average molecular weight is 238 g/mol. The fraction of sp³-hybridized carbons (Fsp3) is 0.727. The number of carbonyl (C=O) groups is 1. The van der Waals surface area contributed by atoms with Crippen LogP contribution in [0.3, 0.4) is 0 Å². The minimum absolute atomic E-state index is 0.0211. The van der Waals surface area contributed by atoms with Crippen molar-refractivity contribution in [2.45, 2.75) is 31.8 Å². The van der Waals surface area contributed by atoms with E-state index in [4.69, 9.17) is 4.74 Å². The number of hydrogen-bond acceptors (Lipinski definition) is 5. The molecule has 1 aliphatic rings. The number of aryl methyl sites for hydroxylation is 1. The molecule has 0 spiro atoms. The van der Waals surface area contributed by atoms with E-state index < -0.39 is 0 Å². The lowest BCUT2D eigenvalue weighted by Crippen LogP contribution is -2.41. The SMILES string of the molecule is COC(=O)C(NC(C)c1nncn1C)C1CC1. The molecule has 0 bridgehead atoms. The number of rotatable bonds is 5. The molecule has 1 heterocycles. The molecule has 17 heavy (non-hydrogen) atoms. The van der Waals surface area contributed by atoms with Crippen molar-refractivity contribution in [3.05, 3.63) is 12.2 Å². The van der Waals surface area contributed by atoms with Crippen molar-refractivity contribution >= 4 is 5.97 Å². The molecule has 1 aromatic rings. The molecule has 6 heteroatoms. The Labute approximate surface area is 100 Å². The number of aromatic nitrogens is 3. The first-order valence-corrected chi connectivity index (χ1v) is 5.81. The second kappa shape index (κ2) is 4.83. The third-order valence-electron chi connectivity index (χ3n) is 3.11. The number of nitrogens with zero attached hydrogens (tertiary/aromatic N) is 3. The molecule has 94 valence electrons. The molecule has 2 atom stereocenters. The molecule has 2 unspecified atom stereocenters. The third kappa shape index (κ3) is 2.63. The summed E-state index contributed by atoms with van der Waals surface area (Å²) >= 11 is 0. The highest BCUT2D eigenvalue weighted by Gasteiger charge is 2.38. The minimum Gasteiger partial charge on any atom is -0.468 e. The van der Waals surface area contributed by atoms with Crippen molar-refractivity contribution in [1.29, 1.82) is 0 Å². The van der Waals surface area contributed by atoms with E-state index in [0.29, 0.717) is 5.92 Å². The number of ether oxygens (including phenoxy) is 1. The summed E-state index contributed by atoms with van der Waals surface area (Å²) in [5.74, 6) is 1.03. The summed E-state index contributed by atoms with van der Waals surface area (Å²) < 4.78 is 6.66. The summed E-state index contributed by atoms with van der Waals surface area (Å²) in [4.78, 5) is 11.7. The van der Waals surface area contributed by atoms with Gasteiger partial charge in [-0.1, -0.05) is 0 Å². The Morgan fingerprint density at radius 3 is 2.82 bits per heavy atom. The maximum Gasteiger partial charge on any atom is 0.323 e. The van der Waals surface area contributed by atoms with Crippen LogP contribution in [0.5, 0.6) is 0 Å². The van der Waals surface area contributed by atoms with Crippen LogP contribution < -0.4 is 5.32 Å². The van der Waals surface area contributed by atoms with Crippen LogP contribution in [0.15, 0.2) is 6.33 Å². The molecule has 2 rings (SSSR count). The van der Waals surface area contributed by atoms with Crippen molar-refractivity contribution < 1.29 is 9.53 Å². The first-order chi connectivity index (χ1) is 8.13. The number of hydrogen-bond donors (Lipinski definition) is 1. The van der Waals surface area contributed by atoms with E-state index in [-0.39, 0.29) is 18.1 Å². The fourth-order valence-corrected chi connectivity index (χ4v) is 1.98. The van der Waals surface area contributed by atoms with Crippen molar-refractivity contribution in [1.82, 2.24) is 20.1 Å². The Bertz CT molecular complexity index is 400. The number of esters is 1. The predicted octanol–water partition coefficient (Wildman–Crippen LogP) is 0.417. The lowest BCUT2D eigenvalue weighted by Gasteiger charge is -2.20. The molecular weight excluding hydrogens is 220 g/mol. The normalized spacial score (nSPS) is 18.8. The lowest BCUT2D eigenvalue weighted by molar-refractivity contribution is -0.144. The number of nitrogens with one attached hydrogen (secondary N) is 1. The summed E-state index contributed by atoms with van der Waals surface area (Å²) in [5.41, 5.74) is 0. The second-order valence-corrected chi connectivity index (χ2v) is 4.53. The second-order valence-electron chi connectivity index (χ2n) is 4.53. The van der Waals surface area contributed by atoms with E-state index in [2.05, 4.69) is 15.5 Å². The van der Waals surface area contributed by atoms with Crippen LogP contribution in [0, 0.1) is 5.92 Å².